The molecule has 0 saturated carbocycles. The fourth-order valence-electron chi connectivity index (χ4n) is 4.06. The van der Waals surface area contributed by atoms with Gasteiger partial charge in [-0.05, 0) is 66.9 Å². The lowest BCUT2D eigenvalue weighted by Gasteiger charge is -2.38. The highest BCUT2D eigenvalue weighted by Gasteiger charge is 2.30. The van der Waals surface area contributed by atoms with Crippen LogP contribution < -0.4 is 4.90 Å². The van der Waals surface area contributed by atoms with E-state index in [4.69, 9.17) is 23.2 Å². The predicted molar refractivity (Wildman–Crippen MR) is 124 cm³/mol. The number of rotatable bonds is 5. The van der Waals surface area contributed by atoms with Gasteiger partial charge < -0.3 is 4.90 Å². The number of piperidine rings is 1. The molecule has 0 bridgehead atoms. The Balaban J connectivity index is 1.53. The average Bonchev–Trinajstić information content (AvgIpc) is 2.78. The molecule has 0 atom stereocenters. The number of carbonyl (C=O) groups excluding carboxylic acids is 1. The van der Waals surface area contributed by atoms with Gasteiger partial charge in [0.05, 0.1) is 0 Å². The summed E-state index contributed by atoms with van der Waals surface area (Å²) >= 11 is 12.4. The van der Waals surface area contributed by atoms with Crippen molar-refractivity contribution in [1.29, 1.82) is 0 Å². The minimum absolute atomic E-state index is 0.0134. The van der Waals surface area contributed by atoms with Crippen molar-refractivity contribution in [2.75, 3.05) is 18.0 Å². The van der Waals surface area contributed by atoms with E-state index >= 15 is 0 Å². The number of hydrogen-bond donors (Lipinski definition) is 0. The van der Waals surface area contributed by atoms with Crippen molar-refractivity contribution in [3.8, 4) is 0 Å². The van der Waals surface area contributed by atoms with Crippen LogP contribution in [0.1, 0.15) is 28.8 Å². The zero-order valence-corrected chi connectivity index (χ0v) is 18.5. The first kappa shape index (κ1) is 21.8. The standard InChI is InChI=1S/C25H23Cl2FN2O/c26-20-6-3-5-18(16-20)25(31)30(22-10-8-21(28)9-11-22)23-12-14-29(15-13-23)17-19-4-1-2-7-24(19)27/h1-11,16,23H,12-15,17H2. The van der Waals surface area contributed by atoms with Crippen molar-refractivity contribution in [3.05, 3.63) is 99.8 Å². The van der Waals surface area contributed by atoms with Crippen LogP contribution in [0.2, 0.25) is 10.0 Å². The number of benzene rings is 3. The summed E-state index contributed by atoms with van der Waals surface area (Å²) in [6, 6.07) is 20.9. The SMILES string of the molecule is O=C(c1cccc(Cl)c1)N(c1ccc(F)cc1)C1CCN(Cc2ccccc2Cl)CC1. The zero-order valence-electron chi connectivity index (χ0n) is 17.0. The number of hydrogen-bond acceptors (Lipinski definition) is 2. The van der Waals surface area contributed by atoms with Crippen molar-refractivity contribution >= 4 is 34.8 Å². The van der Waals surface area contributed by atoms with E-state index in [1.54, 1.807) is 41.3 Å². The van der Waals surface area contributed by atoms with Crippen LogP contribution in [0.25, 0.3) is 0 Å². The van der Waals surface area contributed by atoms with E-state index in [0.29, 0.717) is 16.3 Å². The van der Waals surface area contributed by atoms with Crippen molar-refractivity contribution in [2.24, 2.45) is 0 Å². The van der Waals surface area contributed by atoms with Crippen LogP contribution in [-0.4, -0.2) is 29.9 Å². The maximum atomic E-state index is 13.5. The Morgan fingerprint density at radius 3 is 2.35 bits per heavy atom. The summed E-state index contributed by atoms with van der Waals surface area (Å²) in [5.74, 6) is -0.452. The molecule has 3 aromatic carbocycles. The number of halogens is 3. The van der Waals surface area contributed by atoms with E-state index < -0.39 is 0 Å². The van der Waals surface area contributed by atoms with Gasteiger partial charge in [0.15, 0.2) is 0 Å². The molecule has 0 N–H and O–H groups in total. The summed E-state index contributed by atoms with van der Waals surface area (Å²) < 4.78 is 13.5. The first-order chi connectivity index (χ1) is 15.0. The fraction of sp³-hybridized carbons (Fsp3) is 0.240. The molecule has 1 aliphatic rings. The molecule has 4 rings (SSSR count). The smallest absolute Gasteiger partial charge is 0.258 e. The first-order valence-electron chi connectivity index (χ1n) is 10.3. The van der Waals surface area contributed by atoms with Crippen LogP contribution in [0.5, 0.6) is 0 Å². The van der Waals surface area contributed by atoms with E-state index in [-0.39, 0.29) is 17.8 Å². The molecule has 1 amide bonds. The third-order valence-electron chi connectivity index (χ3n) is 5.67. The summed E-state index contributed by atoms with van der Waals surface area (Å²) in [6.07, 6.45) is 1.63. The zero-order chi connectivity index (χ0) is 21.8. The second-order valence-corrected chi connectivity index (χ2v) is 8.60. The van der Waals surface area contributed by atoms with E-state index in [1.165, 1.54) is 12.1 Å². The molecule has 0 spiro atoms. The summed E-state index contributed by atoms with van der Waals surface area (Å²) in [6.45, 7) is 2.47. The van der Waals surface area contributed by atoms with Crippen LogP contribution in [-0.2, 0) is 6.54 Å². The normalized spacial score (nSPS) is 15.1. The van der Waals surface area contributed by atoms with Crippen molar-refractivity contribution < 1.29 is 9.18 Å². The number of likely N-dealkylation sites (tertiary alicyclic amines) is 1. The van der Waals surface area contributed by atoms with Crippen molar-refractivity contribution in [2.45, 2.75) is 25.4 Å². The van der Waals surface area contributed by atoms with E-state index in [9.17, 15) is 9.18 Å². The maximum absolute atomic E-state index is 13.5. The van der Waals surface area contributed by atoms with Gasteiger partial charge in [0.2, 0.25) is 0 Å². The van der Waals surface area contributed by atoms with Gasteiger partial charge in [-0.15, -0.1) is 0 Å². The Kier molecular flexibility index (Phi) is 6.91. The Hall–Kier alpha value is -2.40. The molecular weight excluding hydrogens is 434 g/mol. The highest BCUT2D eigenvalue weighted by atomic mass is 35.5. The summed E-state index contributed by atoms with van der Waals surface area (Å²) in [4.78, 5) is 17.6. The van der Waals surface area contributed by atoms with E-state index in [0.717, 1.165) is 43.1 Å². The maximum Gasteiger partial charge on any atom is 0.258 e. The molecule has 0 aromatic heterocycles. The summed E-state index contributed by atoms with van der Waals surface area (Å²) in [7, 11) is 0. The monoisotopic (exact) mass is 456 g/mol. The topological polar surface area (TPSA) is 23.6 Å². The highest BCUT2D eigenvalue weighted by molar-refractivity contribution is 6.31. The van der Waals surface area contributed by atoms with Crippen LogP contribution in [0.15, 0.2) is 72.8 Å². The number of carbonyl (C=O) groups is 1. The van der Waals surface area contributed by atoms with Gasteiger partial charge in [-0.1, -0.05) is 47.5 Å². The Morgan fingerprint density at radius 2 is 1.68 bits per heavy atom. The van der Waals surface area contributed by atoms with Crippen molar-refractivity contribution in [3.63, 3.8) is 0 Å². The number of nitrogens with zero attached hydrogens (tertiary/aromatic N) is 2. The van der Waals surface area contributed by atoms with Gasteiger partial charge >= 0.3 is 0 Å². The predicted octanol–water partition coefficient (Wildman–Crippen LogP) is 6.44. The molecule has 0 radical (unpaired) electrons. The van der Waals surface area contributed by atoms with Crippen LogP contribution in [0.4, 0.5) is 10.1 Å². The second kappa shape index (κ2) is 9.82. The Labute approximate surface area is 192 Å². The van der Waals surface area contributed by atoms with Crippen LogP contribution in [0.3, 0.4) is 0 Å². The van der Waals surface area contributed by atoms with Gasteiger partial charge in [0.1, 0.15) is 5.82 Å². The molecule has 3 nitrogen and oxygen atoms in total. The van der Waals surface area contributed by atoms with Gasteiger partial charge in [-0.2, -0.15) is 0 Å². The molecule has 6 heteroatoms. The molecule has 160 valence electrons. The Bertz CT molecular complexity index is 1050. The average molecular weight is 457 g/mol. The fourth-order valence-corrected chi connectivity index (χ4v) is 4.45. The molecule has 1 heterocycles. The lowest BCUT2D eigenvalue weighted by molar-refractivity contribution is 0.0958. The molecule has 0 aliphatic carbocycles. The Morgan fingerprint density at radius 1 is 0.968 bits per heavy atom. The molecule has 1 aliphatic heterocycles. The highest BCUT2D eigenvalue weighted by Crippen LogP contribution is 2.28. The van der Waals surface area contributed by atoms with Gasteiger partial charge in [-0.3, -0.25) is 9.69 Å². The summed E-state index contributed by atoms with van der Waals surface area (Å²) in [5.41, 5.74) is 2.32. The molecule has 31 heavy (non-hydrogen) atoms. The van der Waals surface area contributed by atoms with Gasteiger partial charge in [-0.25, -0.2) is 4.39 Å². The summed E-state index contributed by atoms with van der Waals surface area (Å²) in [5, 5.41) is 1.29. The lowest BCUT2D eigenvalue weighted by atomic mass is 10.00. The largest absolute Gasteiger partial charge is 0.305 e. The molecule has 3 aromatic rings. The minimum atomic E-state index is -0.325. The van der Waals surface area contributed by atoms with E-state index in [2.05, 4.69) is 4.90 Å². The quantitative estimate of drug-likeness (QED) is 0.440. The van der Waals surface area contributed by atoms with Crippen LogP contribution >= 0.6 is 23.2 Å². The van der Waals surface area contributed by atoms with E-state index in [1.807, 2.05) is 24.3 Å². The number of amides is 1. The van der Waals surface area contributed by atoms with Crippen molar-refractivity contribution in [1.82, 2.24) is 4.90 Å². The second-order valence-electron chi connectivity index (χ2n) is 7.76. The molecular formula is C25H23Cl2FN2O. The van der Waals surface area contributed by atoms with Gasteiger partial charge in [0.25, 0.3) is 5.91 Å². The molecule has 1 fully saturated rings. The third-order valence-corrected chi connectivity index (χ3v) is 6.27. The lowest BCUT2D eigenvalue weighted by Crippen LogP contribution is -2.47. The molecule has 0 unspecified atom stereocenters. The first-order valence-corrected chi connectivity index (χ1v) is 11.1. The van der Waals surface area contributed by atoms with Crippen LogP contribution in [0, 0.1) is 5.82 Å². The minimum Gasteiger partial charge on any atom is -0.305 e. The third kappa shape index (κ3) is 5.27. The van der Waals surface area contributed by atoms with Gasteiger partial charge in [0, 0.05) is 47.0 Å². The molecule has 1 saturated heterocycles. The number of anilines is 1.